The van der Waals surface area contributed by atoms with Crippen LogP contribution in [-0.4, -0.2) is 5.11 Å². The molecule has 1 atom stereocenters. The van der Waals surface area contributed by atoms with E-state index in [-0.39, 0.29) is 5.54 Å². The van der Waals surface area contributed by atoms with Gasteiger partial charge in [0, 0.05) is 5.54 Å². The maximum atomic E-state index is 9.14. The van der Waals surface area contributed by atoms with Gasteiger partial charge in [0.25, 0.3) is 0 Å². The zero-order chi connectivity index (χ0) is 9.47. The van der Waals surface area contributed by atoms with E-state index in [1.165, 1.54) is 12.8 Å². The molecule has 0 amide bonds. The third-order valence-corrected chi connectivity index (χ3v) is 2.91. The highest BCUT2D eigenvalue weighted by Crippen LogP contribution is 2.43. The summed E-state index contributed by atoms with van der Waals surface area (Å²) in [4.78, 5) is 0. The average molecular weight is 177 g/mol. The van der Waals surface area contributed by atoms with Crippen molar-refractivity contribution in [2.45, 2.75) is 25.3 Å². The molecule has 1 aliphatic rings. The smallest absolute Gasteiger partial charge is 0.115 e. The third-order valence-electron chi connectivity index (χ3n) is 2.91. The van der Waals surface area contributed by atoms with E-state index in [0.717, 1.165) is 5.56 Å². The minimum atomic E-state index is -0.215. The van der Waals surface area contributed by atoms with Crippen LogP contribution in [0.3, 0.4) is 0 Å². The monoisotopic (exact) mass is 177 g/mol. The molecule has 0 saturated heterocycles. The van der Waals surface area contributed by atoms with Gasteiger partial charge in [0.1, 0.15) is 5.75 Å². The van der Waals surface area contributed by atoms with Crippen molar-refractivity contribution in [3.8, 4) is 5.75 Å². The van der Waals surface area contributed by atoms with Crippen LogP contribution in [0.5, 0.6) is 5.75 Å². The maximum Gasteiger partial charge on any atom is 0.115 e. The maximum absolute atomic E-state index is 9.14. The van der Waals surface area contributed by atoms with Crippen molar-refractivity contribution in [3.63, 3.8) is 0 Å². The van der Waals surface area contributed by atoms with E-state index in [4.69, 9.17) is 10.8 Å². The van der Waals surface area contributed by atoms with Gasteiger partial charge in [-0.1, -0.05) is 12.1 Å². The van der Waals surface area contributed by atoms with Gasteiger partial charge in [-0.25, -0.2) is 0 Å². The second-order valence-electron chi connectivity index (χ2n) is 4.10. The topological polar surface area (TPSA) is 46.2 Å². The molecule has 13 heavy (non-hydrogen) atoms. The molecule has 70 valence electrons. The van der Waals surface area contributed by atoms with E-state index >= 15 is 0 Å². The fourth-order valence-corrected chi connectivity index (χ4v) is 1.74. The Kier molecular flexibility index (Phi) is 1.81. The lowest BCUT2D eigenvalue weighted by Gasteiger charge is -2.24. The molecule has 0 heterocycles. The van der Waals surface area contributed by atoms with Crippen molar-refractivity contribution in [2.24, 2.45) is 11.7 Å². The molecule has 2 nitrogen and oxygen atoms in total. The summed E-state index contributed by atoms with van der Waals surface area (Å²) in [5.41, 5.74) is 7.12. The van der Waals surface area contributed by atoms with Crippen LogP contribution in [0.4, 0.5) is 0 Å². The van der Waals surface area contributed by atoms with E-state index in [9.17, 15) is 0 Å². The van der Waals surface area contributed by atoms with Gasteiger partial charge in [-0.15, -0.1) is 0 Å². The van der Waals surface area contributed by atoms with Gasteiger partial charge in [-0.05, 0) is 43.4 Å². The molecular weight excluding hydrogens is 162 g/mol. The van der Waals surface area contributed by atoms with Gasteiger partial charge < -0.3 is 10.8 Å². The van der Waals surface area contributed by atoms with E-state index in [1.807, 2.05) is 12.1 Å². The molecule has 0 aliphatic heterocycles. The van der Waals surface area contributed by atoms with Crippen molar-refractivity contribution >= 4 is 0 Å². The number of phenolic OH excluding ortho intramolecular Hbond substituents is 1. The predicted octanol–water partition coefficient (Wildman–Crippen LogP) is 1.98. The lowest BCUT2D eigenvalue weighted by Crippen LogP contribution is -2.35. The first-order chi connectivity index (χ1) is 6.10. The molecule has 0 spiro atoms. The molecule has 0 radical (unpaired) electrons. The Morgan fingerprint density at radius 3 is 2.31 bits per heavy atom. The summed E-state index contributed by atoms with van der Waals surface area (Å²) in [6, 6.07) is 7.22. The average Bonchev–Trinajstić information content (AvgIpc) is 2.87. The SMILES string of the molecule is CC(N)(c1ccc(O)cc1)C1CC1. The first kappa shape index (κ1) is 8.57. The minimum Gasteiger partial charge on any atom is -0.508 e. The summed E-state index contributed by atoms with van der Waals surface area (Å²) in [5.74, 6) is 0.924. The molecule has 1 aromatic carbocycles. The van der Waals surface area contributed by atoms with Gasteiger partial charge >= 0.3 is 0 Å². The van der Waals surface area contributed by atoms with E-state index in [2.05, 4.69) is 6.92 Å². The van der Waals surface area contributed by atoms with Crippen LogP contribution in [0.1, 0.15) is 25.3 Å². The Morgan fingerprint density at radius 2 is 1.85 bits per heavy atom. The van der Waals surface area contributed by atoms with Crippen molar-refractivity contribution in [1.29, 1.82) is 0 Å². The standard InChI is InChI=1S/C11H15NO/c1-11(12,8-2-3-8)9-4-6-10(13)7-5-9/h4-8,13H,2-3,12H2,1H3. The highest BCUT2D eigenvalue weighted by atomic mass is 16.3. The number of aromatic hydroxyl groups is 1. The molecule has 3 N–H and O–H groups in total. The van der Waals surface area contributed by atoms with Crippen LogP contribution in [0.25, 0.3) is 0 Å². The summed E-state index contributed by atoms with van der Waals surface area (Å²) in [5, 5.41) is 9.14. The number of nitrogens with two attached hydrogens (primary N) is 1. The lowest BCUT2D eigenvalue weighted by atomic mass is 9.88. The highest BCUT2D eigenvalue weighted by molar-refractivity contribution is 5.31. The Morgan fingerprint density at radius 1 is 1.31 bits per heavy atom. The predicted molar refractivity (Wildman–Crippen MR) is 52.4 cm³/mol. The van der Waals surface area contributed by atoms with Gasteiger partial charge in [0.05, 0.1) is 0 Å². The van der Waals surface area contributed by atoms with Crippen molar-refractivity contribution < 1.29 is 5.11 Å². The molecule has 2 rings (SSSR count). The molecule has 1 fully saturated rings. The molecule has 1 aliphatic carbocycles. The quantitative estimate of drug-likeness (QED) is 0.725. The highest BCUT2D eigenvalue weighted by Gasteiger charge is 2.39. The number of hydrogen-bond donors (Lipinski definition) is 2. The van der Waals surface area contributed by atoms with Gasteiger partial charge in [0.15, 0.2) is 0 Å². The first-order valence-corrected chi connectivity index (χ1v) is 4.69. The van der Waals surface area contributed by atoms with Crippen LogP contribution in [0, 0.1) is 5.92 Å². The van der Waals surface area contributed by atoms with Crippen LogP contribution < -0.4 is 5.73 Å². The van der Waals surface area contributed by atoms with Crippen LogP contribution in [-0.2, 0) is 5.54 Å². The minimum absolute atomic E-state index is 0.215. The zero-order valence-corrected chi connectivity index (χ0v) is 7.83. The summed E-state index contributed by atoms with van der Waals surface area (Å²) >= 11 is 0. The Labute approximate surface area is 78.4 Å². The van der Waals surface area contributed by atoms with E-state index in [1.54, 1.807) is 12.1 Å². The number of phenols is 1. The van der Waals surface area contributed by atoms with Crippen molar-refractivity contribution in [3.05, 3.63) is 29.8 Å². The van der Waals surface area contributed by atoms with E-state index < -0.39 is 0 Å². The summed E-state index contributed by atoms with van der Waals surface area (Å²) in [6.07, 6.45) is 2.46. The second-order valence-corrected chi connectivity index (χ2v) is 4.10. The fraction of sp³-hybridized carbons (Fsp3) is 0.455. The van der Waals surface area contributed by atoms with Gasteiger partial charge in [-0.3, -0.25) is 0 Å². The van der Waals surface area contributed by atoms with Crippen LogP contribution in [0.15, 0.2) is 24.3 Å². The van der Waals surface area contributed by atoms with Crippen LogP contribution >= 0.6 is 0 Å². The Bertz CT molecular complexity index is 298. The second kappa shape index (κ2) is 2.74. The molecular formula is C11H15NO. The third kappa shape index (κ3) is 1.54. The number of hydrogen-bond acceptors (Lipinski definition) is 2. The van der Waals surface area contributed by atoms with Crippen LogP contribution in [0.2, 0.25) is 0 Å². The Balaban J connectivity index is 2.28. The molecule has 1 saturated carbocycles. The zero-order valence-electron chi connectivity index (χ0n) is 7.83. The molecule has 1 unspecified atom stereocenters. The summed E-state index contributed by atoms with van der Waals surface area (Å²) < 4.78 is 0. The molecule has 1 aromatic rings. The fourth-order valence-electron chi connectivity index (χ4n) is 1.74. The summed E-state index contributed by atoms with van der Waals surface area (Å²) in [7, 11) is 0. The van der Waals surface area contributed by atoms with Gasteiger partial charge in [0.2, 0.25) is 0 Å². The van der Waals surface area contributed by atoms with Crippen molar-refractivity contribution in [1.82, 2.24) is 0 Å². The normalized spacial score (nSPS) is 21.1. The van der Waals surface area contributed by atoms with Gasteiger partial charge in [-0.2, -0.15) is 0 Å². The molecule has 0 bridgehead atoms. The molecule has 0 aromatic heterocycles. The number of rotatable bonds is 2. The van der Waals surface area contributed by atoms with Crippen molar-refractivity contribution in [2.75, 3.05) is 0 Å². The summed E-state index contributed by atoms with van der Waals surface area (Å²) in [6.45, 7) is 2.07. The largest absolute Gasteiger partial charge is 0.508 e. The Hall–Kier alpha value is -1.02. The lowest BCUT2D eigenvalue weighted by molar-refractivity contribution is 0.425. The molecule has 2 heteroatoms. The number of benzene rings is 1. The first-order valence-electron chi connectivity index (χ1n) is 4.69. The van der Waals surface area contributed by atoms with E-state index in [0.29, 0.717) is 11.7 Å².